The van der Waals surface area contributed by atoms with Crippen molar-refractivity contribution in [3.05, 3.63) is 71.8 Å². The molecule has 1 aliphatic carbocycles. The Labute approximate surface area is 172 Å². The molecule has 0 unspecified atom stereocenters. The summed E-state index contributed by atoms with van der Waals surface area (Å²) in [6.07, 6.45) is 8.67. The van der Waals surface area contributed by atoms with Gasteiger partial charge in [0.2, 0.25) is 11.8 Å². The van der Waals surface area contributed by atoms with Gasteiger partial charge in [0.05, 0.1) is 0 Å². The zero-order valence-electron chi connectivity index (χ0n) is 16.8. The molecule has 4 nitrogen and oxygen atoms in total. The second-order valence-electron chi connectivity index (χ2n) is 7.97. The van der Waals surface area contributed by atoms with E-state index in [1.54, 1.807) is 0 Å². The van der Waals surface area contributed by atoms with Gasteiger partial charge in [0, 0.05) is 32.0 Å². The summed E-state index contributed by atoms with van der Waals surface area (Å²) in [6, 6.07) is 16.7. The minimum Gasteiger partial charge on any atom is -0.352 e. The molecule has 29 heavy (non-hydrogen) atoms. The number of hydrogen-bond donors (Lipinski definition) is 1. The number of hydrogen-bond acceptors (Lipinski definition) is 2. The number of benzene rings is 2. The van der Waals surface area contributed by atoms with Gasteiger partial charge in [-0.05, 0) is 47.9 Å². The van der Waals surface area contributed by atoms with Crippen LogP contribution in [0, 0.1) is 5.92 Å². The highest BCUT2D eigenvalue weighted by Crippen LogP contribution is 2.25. The third kappa shape index (κ3) is 4.76. The van der Waals surface area contributed by atoms with Crippen LogP contribution in [0.15, 0.2) is 60.7 Å². The van der Waals surface area contributed by atoms with Crippen molar-refractivity contribution in [2.24, 2.45) is 5.92 Å². The number of likely N-dealkylation sites (tertiary alicyclic amines) is 1. The molecule has 4 heteroatoms. The quantitative estimate of drug-likeness (QED) is 0.744. The Hall–Kier alpha value is -2.88. The molecule has 4 rings (SSSR count). The van der Waals surface area contributed by atoms with Crippen molar-refractivity contribution in [3.63, 3.8) is 0 Å². The van der Waals surface area contributed by atoms with Crippen molar-refractivity contribution in [2.75, 3.05) is 6.54 Å². The Morgan fingerprint density at radius 1 is 1.07 bits per heavy atom. The highest BCUT2D eigenvalue weighted by atomic mass is 16.2. The smallest absolute Gasteiger partial charge is 0.223 e. The molecule has 0 saturated carbocycles. The molecule has 1 fully saturated rings. The highest BCUT2D eigenvalue weighted by Gasteiger charge is 2.20. The van der Waals surface area contributed by atoms with Crippen molar-refractivity contribution in [2.45, 2.75) is 45.2 Å². The topological polar surface area (TPSA) is 49.4 Å². The first-order valence-electron chi connectivity index (χ1n) is 10.6. The number of carbonyl (C=O) groups excluding carboxylic acids is 2. The number of allylic oxidation sites excluding steroid dienone is 2. The number of rotatable bonds is 6. The van der Waals surface area contributed by atoms with Crippen LogP contribution in [0.2, 0.25) is 0 Å². The van der Waals surface area contributed by atoms with Gasteiger partial charge in [0.25, 0.3) is 0 Å². The van der Waals surface area contributed by atoms with Gasteiger partial charge in [0.1, 0.15) is 0 Å². The second kappa shape index (κ2) is 9.08. The summed E-state index contributed by atoms with van der Waals surface area (Å²) in [4.78, 5) is 26.2. The Kier molecular flexibility index (Phi) is 6.09. The molecular formula is C25H28N2O2. The van der Waals surface area contributed by atoms with Gasteiger partial charge in [-0.2, -0.15) is 0 Å². The van der Waals surface area contributed by atoms with E-state index in [9.17, 15) is 9.59 Å². The van der Waals surface area contributed by atoms with E-state index >= 15 is 0 Å². The SMILES string of the molecule is O=C(NCc1ccccc1-c1ccc(CN2CCCC2=O)cc1)[C@@H]1CC=CCC1. The minimum absolute atomic E-state index is 0.0970. The molecule has 0 spiro atoms. The fourth-order valence-corrected chi connectivity index (χ4v) is 4.20. The Morgan fingerprint density at radius 3 is 2.62 bits per heavy atom. The first kappa shape index (κ1) is 19.4. The summed E-state index contributed by atoms with van der Waals surface area (Å²) < 4.78 is 0. The maximum Gasteiger partial charge on any atom is 0.223 e. The van der Waals surface area contributed by atoms with Crippen molar-refractivity contribution in [3.8, 4) is 11.1 Å². The van der Waals surface area contributed by atoms with Crippen molar-refractivity contribution < 1.29 is 9.59 Å². The normalized spacial score (nSPS) is 18.8. The lowest BCUT2D eigenvalue weighted by Gasteiger charge is -2.18. The van der Waals surface area contributed by atoms with Gasteiger partial charge < -0.3 is 10.2 Å². The number of carbonyl (C=O) groups is 2. The molecule has 1 N–H and O–H groups in total. The Bertz CT molecular complexity index is 901. The molecule has 2 amide bonds. The molecule has 150 valence electrons. The maximum atomic E-state index is 12.5. The van der Waals surface area contributed by atoms with E-state index in [-0.39, 0.29) is 17.7 Å². The predicted molar refractivity (Wildman–Crippen MR) is 115 cm³/mol. The molecule has 0 radical (unpaired) electrons. The molecule has 0 bridgehead atoms. The zero-order valence-corrected chi connectivity index (χ0v) is 16.8. The van der Waals surface area contributed by atoms with Gasteiger partial charge in [-0.3, -0.25) is 9.59 Å². The van der Waals surface area contributed by atoms with Crippen LogP contribution in [0.5, 0.6) is 0 Å². The van der Waals surface area contributed by atoms with Crippen LogP contribution in [-0.4, -0.2) is 23.3 Å². The van der Waals surface area contributed by atoms with Crippen LogP contribution in [0.3, 0.4) is 0 Å². The monoisotopic (exact) mass is 388 g/mol. The van der Waals surface area contributed by atoms with Gasteiger partial charge >= 0.3 is 0 Å². The summed E-state index contributed by atoms with van der Waals surface area (Å²) in [5.74, 6) is 0.498. The van der Waals surface area contributed by atoms with E-state index in [2.05, 4.69) is 53.9 Å². The van der Waals surface area contributed by atoms with E-state index in [1.807, 2.05) is 17.0 Å². The summed E-state index contributed by atoms with van der Waals surface area (Å²) in [5.41, 5.74) is 4.54. The van der Waals surface area contributed by atoms with Gasteiger partial charge in [0.15, 0.2) is 0 Å². The molecule has 1 saturated heterocycles. The first-order chi connectivity index (χ1) is 14.2. The minimum atomic E-state index is 0.0970. The van der Waals surface area contributed by atoms with Gasteiger partial charge in [-0.15, -0.1) is 0 Å². The van der Waals surface area contributed by atoms with Crippen molar-refractivity contribution >= 4 is 11.8 Å². The highest BCUT2D eigenvalue weighted by molar-refractivity contribution is 5.79. The lowest BCUT2D eigenvalue weighted by Crippen LogP contribution is -2.30. The molecule has 2 aromatic rings. The summed E-state index contributed by atoms with van der Waals surface area (Å²) >= 11 is 0. The fraction of sp³-hybridized carbons (Fsp3) is 0.360. The van der Waals surface area contributed by atoms with Crippen LogP contribution >= 0.6 is 0 Å². The van der Waals surface area contributed by atoms with E-state index < -0.39 is 0 Å². The number of nitrogens with one attached hydrogen (secondary N) is 1. The van der Waals surface area contributed by atoms with E-state index in [0.29, 0.717) is 19.5 Å². The predicted octanol–water partition coefficient (Wildman–Crippen LogP) is 4.45. The van der Waals surface area contributed by atoms with Crippen LogP contribution < -0.4 is 5.32 Å². The largest absolute Gasteiger partial charge is 0.352 e. The first-order valence-corrected chi connectivity index (χ1v) is 10.6. The Balaban J connectivity index is 1.42. The van der Waals surface area contributed by atoms with Crippen LogP contribution in [0.4, 0.5) is 0 Å². The standard InChI is InChI=1S/C25H28N2O2/c28-24-11-6-16-27(24)18-19-12-14-20(15-13-19)23-10-5-4-9-22(23)17-26-25(29)21-7-2-1-3-8-21/h1-2,4-5,9-10,12-15,21H,3,6-8,11,16-18H2,(H,26,29)/t21-/m1/s1. The van der Waals surface area contributed by atoms with Gasteiger partial charge in [-0.25, -0.2) is 0 Å². The van der Waals surface area contributed by atoms with E-state index in [0.717, 1.165) is 54.5 Å². The summed E-state index contributed by atoms with van der Waals surface area (Å²) in [5, 5.41) is 3.13. The average Bonchev–Trinajstić information content (AvgIpc) is 3.18. The molecule has 1 aliphatic heterocycles. The van der Waals surface area contributed by atoms with Crippen LogP contribution in [-0.2, 0) is 22.7 Å². The fourth-order valence-electron chi connectivity index (χ4n) is 4.20. The summed E-state index contributed by atoms with van der Waals surface area (Å²) in [6.45, 7) is 2.09. The molecule has 0 aromatic heterocycles. The van der Waals surface area contributed by atoms with Crippen LogP contribution in [0.1, 0.15) is 43.2 Å². The van der Waals surface area contributed by atoms with E-state index in [4.69, 9.17) is 0 Å². The van der Waals surface area contributed by atoms with Crippen LogP contribution in [0.25, 0.3) is 11.1 Å². The lowest BCUT2D eigenvalue weighted by atomic mass is 9.93. The molecule has 1 heterocycles. The summed E-state index contributed by atoms with van der Waals surface area (Å²) in [7, 11) is 0. The average molecular weight is 389 g/mol. The van der Waals surface area contributed by atoms with E-state index in [1.165, 1.54) is 0 Å². The molecule has 1 atom stereocenters. The maximum absolute atomic E-state index is 12.5. The van der Waals surface area contributed by atoms with Gasteiger partial charge in [-0.1, -0.05) is 60.7 Å². The molecular weight excluding hydrogens is 360 g/mol. The van der Waals surface area contributed by atoms with Crippen molar-refractivity contribution in [1.82, 2.24) is 10.2 Å². The molecule has 2 aliphatic rings. The number of nitrogens with zero attached hydrogens (tertiary/aromatic N) is 1. The second-order valence-corrected chi connectivity index (χ2v) is 7.97. The van der Waals surface area contributed by atoms with Crippen molar-refractivity contribution in [1.29, 1.82) is 0 Å². The molecule has 2 aromatic carbocycles. The lowest BCUT2D eigenvalue weighted by molar-refractivity contribution is -0.128. The zero-order chi connectivity index (χ0) is 20.1. The Morgan fingerprint density at radius 2 is 1.90 bits per heavy atom. The number of amides is 2. The third-order valence-corrected chi connectivity index (χ3v) is 5.92. The third-order valence-electron chi connectivity index (χ3n) is 5.92.